The van der Waals surface area contributed by atoms with E-state index in [-0.39, 0.29) is 24.9 Å². The van der Waals surface area contributed by atoms with Crippen LogP contribution in [0.25, 0.3) is 0 Å². The van der Waals surface area contributed by atoms with Gasteiger partial charge >= 0.3 is 6.18 Å². The Morgan fingerprint density at radius 1 is 1.15 bits per heavy atom. The second kappa shape index (κ2) is 6.84. The summed E-state index contributed by atoms with van der Waals surface area (Å²) < 4.78 is 62.9. The Kier molecular flexibility index (Phi) is 5.04. The molecule has 2 aliphatic rings. The Labute approximate surface area is 150 Å². The van der Waals surface area contributed by atoms with Crippen molar-refractivity contribution in [3.63, 3.8) is 0 Å². The van der Waals surface area contributed by atoms with Crippen molar-refractivity contribution in [2.75, 3.05) is 25.9 Å². The summed E-state index contributed by atoms with van der Waals surface area (Å²) in [5.41, 5.74) is 0.843. The number of hydrogen-bond acceptors (Lipinski definition) is 3. The van der Waals surface area contributed by atoms with Gasteiger partial charge in [0.1, 0.15) is 0 Å². The molecule has 9 heteroatoms. The van der Waals surface area contributed by atoms with Crippen molar-refractivity contribution in [3.05, 3.63) is 35.9 Å². The smallest absolute Gasteiger partial charge is 0.342 e. The zero-order valence-corrected chi connectivity index (χ0v) is 15.1. The molecule has 2 heterocycles. The van der Waals surface area contributed by atoms with Gasteiger partial charge < -0.3 is 4.90 Å². The fourth-order valence-electron chi connectivity index (χ4n) is 4.02. The molecule has 2 fully saturated rings. The predicted molar refractivity (Wildman–Crippen MR) is 89.6 cm³/mol. The zero-order chi connectivity index (χ0) is 19.1. The van der Waals surface area contributed by atoms with E-state index in [0.29, 0.717) is 6.54 Å². The van der Waals surface area contributed by atoms with Gasteiger partial charge in [-0.2, -0.15) is 17.5 Å². The van der Waals surface area contributed by atoms with Crippen LogP contribution in [0.1, 0.15) is 24.4 Å². The van der Waals surface area contributed by atoms with Crippen LogP contribution in [0, 0.1) is 11.8 Å². The lowest BCUT2D eigenvalue weighted by Gasteiger charge is -2.28. The lowest BCUT2D eigenvalue weighted by Crippen LogP contribution is -2.37. The molecule has 0 saturated carbocycles. The Balaban J connectivity index is 1.77. The highest BCUT2D eigenvalue weighted by molar-refractivity contribution is 7.88. The van der Waals surface area contributed by atoms with Gasteiger partial charge in [0.25, 0.3) is 0 Å². The van der Waals surface area contributed by atoms with E-state index in [0.717, 1.165) is 11.8 Å². The first-order chi connectivity index (χ1) is 12.1. The minimum atomic E-state index is -4.36. The molecule has 1 aromatic rings. The minimum absolute atomic E-state index is 0.0650. The first kappa shape index (κ1) is 19.2. The highest BCUT2D eigenvalue weighted by atomic mass is 32.2. The van der Waals surface area contributed by atoms with Gasteiger partial charge in [-0.1, -0.05) is 30.3 Å². The van der Waals surface area contributed by atoms with E-state index in [1.54, 1.807) is 0 Å². The molecule has 0 unspecified atom stereocenters. The van der Waals surface area contributed by atoms with E-state index in [4.69, 9.17) is 0 Å². The van der Waals surface area contributed by atoms with Crippen molar-refractivity contribution in [1.29, 1.82) is 0 Å². The quantitative estimate of drug-likeness (QED) is 0.793. The molecule has 0 aliphatic carbocycles. The number of sulfonamides is 1. The van der Waals surface area contributed by atoms with Crippen molar-refractivity contribution in [1.82, 2.24) is 9.21 Å². The third-order valence-electron chi connectivity index (χ3n) is 5.16. The van der Waals surface area contributed by atoms with Gasteiger partial charge in [-0.3, -0.25) is 4.79 Å². The molecule has 3 rings (SSSR count). The van der Waals surface area contributed by atoms with Crippen LogP contribution in [0.5, 0.6) is 0 Å². The van der Waals surface area contributed by atoms with Crippen molar-refractivity contribution >= 4 is 15.9 Å². The Morgan fingerprint density at radius 3 is 2.38 bits per heavy atom. The van der Waals surface area contributed by atoms with Crippen molar-refractivity contribution in [3.8, 4) is 0 Å². The molecule has 2 aliphatic heterocycles. The summed E-state index contributed by atoms with van der Waals surface area (Å²) >= 11 is 0. The largest absolute Gasteiger partial charge is 0.389 e. The number of carbonyl (C=O) groups is 1. The first-order valence-electron chi connectivity index (χ1n) is 8.42. The highest BCUT2D eigenvalue weighted by Crippen LogP contribution is 2.46. The number of likely N-dealkylation sites (tertiary alicyclic amines) is 1. The van der Waals surface area contributed by atoms with Crippen LogP contribution in [0.4, 0.5) is 13.2 Å². The second-order valence-electron chi connectivity index (χ2n) is 7.03. The fourth-order valence-corrected chi connectivity index (χ4v) is 5.17. The van der Waals surface area contributed by atoms with Crippen molar-refractivity contribution in [2.45, 2.75) is 25.1 Å². The van der Waals surface area contributed by atoms with Crippen LogP contribution in [0.3, 0.4) is 0 Å². The van der Waals surface area contributed by atoms with Gasteiger partial charge in [-0.25, -0.2) is 8.42 Å². The molecule has 1 aromatic carbocycles. The molecule has 26 heavy (non-hydrogen) atoms. The molecule has 3 atom stereocenters. The van der Waals surface area contributed by atoms with Gasteiger partial charge in [0.2, 0.25) is 15.9 Å². The van der Waals surface area contributed by atoms with Crippen LogP contribution in [0.2, 0.25) is 0 Å². The normalized spacial score (nSPS) is 26.9. The summed E-state index contributed by atoms with van der Waals surface area (Å²) in [6.45, 7) is 0.871. The van der Waals surface area contributed by atoms with E-state index in [1.807, 2.05) is 30.3 Å². The van der Waals surface area contributed by atoms with Gasteiger partial charge in [0, 0.05) is 32.0 Å². The Bertz CT molecular complexity index is 767. The van der Waals surface area contributed by atoms with Gasteiger partial charge in [-0.15, -0.1) is 0 Å². The molecular weight excluding hydrogens is 369 g/mol. The van der Waals surface area contributed by atoms with Crippen LogP contribution >= 0.6 is 0 Å². The number of rotatable bonds is 4. The van der Waals surface area contributed by atoms with E-state index >= 15 is 0 Å². The molecule has 2 saturated heterocycles. The second-order valence-corrected chi connectivity index (χ2v) is 8.96. The third kappa shape index (κ3) is 4.03. The molecule has 0 spiro atoms. The van der Waals surface area contributed by atoms with Gasteiger partial charge in [0.15, 0.2) is 0 Å². The monoisotopic (exact) mass is 390 g/mol. The SMILES string of the molecule is CS(=O)(=O)N1C[C@H]2CN(C(=O)CCC(F)(F)F)C[C@H]2[C@@H]1c1ccccc1. The molecule has 0 radical (unpaired) electrons. The minimum Gasteiger partial charge on any atom is -0.342 e. The highest BCUT2D eigenvalue weighted by Gasteiger charge is 2.51. The number of hydrogen-bond donors (Lipinski definition) is 0. The lowest BCUT2D eigenvalue weighted by atomic mass is 9.90. The molecule has 5 nitrogen and oxygen atoms in total. The summed E-state index contributed by atoms with van der Waals surface area (Å²) in [5.74, 6) is -0.693. The molecule has 0 aromatic heterocycles. The number of nitrogens with zero attached hydrogens (tertiary/aromatic N) is 2. The lowest BCUT2D eigenvalue weighted by molar-refractivity contribution is -0.148. The summed E-state index contributed by atoms with van der Waals surface area (Å²) in [4.78, 5) is 13.6. The predicted octanol–water partition coefficient (Wildman–Crippen LogP) is 2.42. The number of halogens is 3. The van der Waals surface area contributed by atoms with Crippen LogP contribution < -0.4 is 0 Å². The van der Waals surface area contributed by atoms with Gasteiger partial charge in [0.05, 0.1) is 18.7 Å². The number of amides is 1. The Hall–Kier alpha value is -1.61. The van der Waals surface area contributed by atoms with Crippen LogP contribution in [-0.4, -0.2) is 55.6 Å². The summed E-state index contributed by atoms with van der Waals surface area (Å²) in [7, 11) is -3.43. The summed E-state index contributed by atoms with van der Waals surface area (Å²) in [6, 6.07) is 8.78. The maximum absolute atomic E-state index is 12.4. The van der Waals surface area contributed by atoms with E-state index in [1.165, 1.54) is 9.21 Å². The topological polar surface area (TPSA) is 57.7 Å². The average molecular weight is 390 g/mol. The number of carbonyl (C=O) groups excluding carboxylic acids is 1. The Morgan fingerprint density at radius 2 is 1.81 bits per heavy atom. The fraction of sp³-hybridized carbons (Fsp3) is 0.588. The van der Waals surface area contributed by atoms with E-state index < -0.39 is 41.0 Å². The van der Waals surface area contributed by atoms with Crippen molar-refractivity contribution in [2.24, 2.45) is 11.8 Å². The number of alkyl halides is 3. The molecule has 144 valence electrons. The maximum atomic E-state index is 12.4. The zero-order valence-electron chi connectivity index (χ0n) is 14.3. The molecule has 1 amide bonds. The van der Waals surface area contributed by atoms with E-state index in [9.17, 15) is 26.4 Å². The van der Waals surface area contributed by atoms with Crippen LogP contribution in [0.15, 0.2) is 30.3 Å². The van der Waals surface area contributed by atoms with E-state index in [2.05, 4.69) is 0 Å². The molecular formula is C17H21F3N2O3S. The molecule has 0 N–H and O–H groups in total. The van der Waals surface area contributed by atoms with Gasteiger partial charge in [-0.05, 0) is 11.5 Å². The first-order valence-corrected chi connectivity index (χ1v) is 10.3. The number of fused-ring (bicyclic) bond motifs is 1. The maximum Gasteiger partial charge on any atom is 0.389 e. The standard InChI is InChI=1S/C17H21F3N2O3S/c1-26(24,25)22-10-13-9-21(15(23)7-8-17(18,19)20)11-14(13)16(22)12-5-3-2-4-6-12/h2-6,13-14,16H,7-11H2,1H3/t13-,14-,16+/m1/s1. The summed E-state index contributed by atoms with van der Waals surface area (Å²) in [5, 5.41) is 0. The number of benzene rings is 1. The van der Waals surface area contributed by atoms with Crippen LogP contribution in [-0.2, 0) is 14.8 Å². The summed E-state index contributed by atoms with van der Waals surface area (Å²) in [6.07, 6.45) is -4.88. The third-order valence-corrected chi connectivity index (χ3v) is 6.39. The van der Waals surface area contributed by atoms with Crippen molar-refractivity contribution < 1.29 is 26.4 Å². The average Bonchev–Trinajstić information content (AvgIpc) is 3.10. The molecule has 0 bridgehead atoms.